The third-order valence-electron chi connectivity index (χ3n) is 2.98. The molecule has 2 rings (SSSR count). The van der Waals surface area contributed by atoms with Gasteiger partial charge in [0.05, 0.1) is 32.1 Å². The minimum absolute atomic E-state index is 0.0109. The second-order valence-corrected chi connectivity index (χ2v) is 5.33. The first-order valence-corrected chi connectivity index (χ1v) is 7.17. The number of hydrogen-bond acceptors (Lipinski definition) is 6. The molecule has 1 aliphatic rings. The highest BCUT2D eigenvalue weighted by Gasteiger charge is 2.32. The lowest BCUT2D eigenvalue weighted by atomic mass is 10.1. The summed E-state index contributed by atoms with van der Waals surface area (Å²) >= 11 is 2.15. The number of esters is 2. The number of ether oxygens (including phenoxy) is 3. The Morgan fingerprint density at radius 2 is 1.86 bits per heavy atom. The average Bonchev–Trinajstić information content (AvgIpc) is 2.53. The van der Waals surface area contributed by atoms with E-state index >= 15 is 0 Å². The van der Waals surface area contributed by atoms with Crippen molar-refractivity contribution in [3.8, 4) is 0 Å². The number of anilines is 1. The fraction of sp³-hybridized carbons (Fsp3) is 0.286. The predicted octanol–water partition coefficient (Wildman–Crippen LogP) is 1.69. The molecule has 0 N–H and O–H groups in total. The number of carbonyl (C=O) groups is 2. The number of carbonyl (C=O) groups excluding carboxylic acids is 2. The molecule has 0 unspecified atom stereocenters. The molecule has 0 fully saturated rings. The second-order valence-electron chi connectivity index (χ2n) is 4.17. The van der Waals surface area contributed by atoms with Crippen molar-refractivity contribution in [2.45, 2.75) is 0 Å². The van der Waals surface area contributed by atoms with Crippen molar-refractivity contribution in [1.29, 1.82) is 0 Å². The Morgan fingerprint density at radius 3 is 2.48 bits per heavy atom. The van der Waals surface area contributed by atoms with Gasteiger partial charge in [0.15, 0.2) is 0 Å². The Hall–Kier alpha value is -1.61. The molecule has 0 aliphatic carbocycles. The Morgan fingerprint density at radius 1 is 1.19 bits per heavy atom. The molecule has 0 radical (unpaired) electrons. The van der Waals surface area contributed by atoms with E-state index in [4.69, 9.17) is 14.2 Å². The summed E-state index contributed by atoms with van der Waals surface area (Å²) < 4.78 is 15.8. The molecule has 21 heavy (non-hydrogen) atoms. The van der Waals surface area contributed by atoms with Gasteiger partial charge in [-0.3, -0.25) is 0 Å². The first-order chi connectivity index (χ1) is 10.1. The van der Waals surface area contributed by atoms with E-state index in [0.717, 1.165) is 9.26 Å². The molecule has 0 amide bonds. The summed E-state index contributed by atoms with van der Waals surface area (Å²) in [6.07, 6.45) is 0. The number of halogens is 1. The SMILES string of the molecule is COC(=O)C1=C(C(=O)OC)N(c2ccccc2I)COC1. The van der Waals surface area contributed by atoms with E-state index in [9.17, 15) is 9.59 Å². The summed E-state index contributed by atoms with van der Waals surface area (Å²) in [6, 6.07) is 7.48. The normalized spacial score (nSPS) is 14.9. The highest BCUT2D eigenvalue weighted by Crippen LogP contribution is 2.30. The van der Waals surface area contributed by atoms with E-state index in [0.29, 0.717) is 0 Å². The fourth-order valence-corrected chi connectivity index (χ4v) is 2.68. The van der Waals surface area contributed by atoms with Crippen LogP contribution in [-0.4, -0.2) is 39.5 Å². The summed E-state index contributed by atoms with van der Waals surface area (Å²) in [5.74, 6) is -1.20. The Bertz CT molecular complexity index is 599. The Kier molecular flexibility index (Phi) is 5.18. The lowest BCUT2D eigenvalue weighted by molar-refractivity contribution is -0.140. The lowest BCUT2D eigenvalue weighted by Crippen LogP contribution is -2.39. The van der Waals surface area contributed by atoms with Crippen molar-refractivity contribution < 1.29 is 23.8 Å². The van der Waals surface area contributed by atoms with Crippen molar-refractivity contribution in [1.82, 2.24) is 0 Å². The van der Waals surface area contributed by atoms with E-state index in [-0.39, 0.29) is 24.6 Å². The zero-order valence-corrected chi connectivity index (χ0v) is 13.7. The predicted molar refractivity (Wildman–Crippen MR) is 83.5 cm³/mol. The van der Waals surface area contributed by atoms with Gasteiger partial charge >= 0.3 is 11.9 Å². The summed E-state index contributed by atoms with van der Waals surface area (Å²) in [4.78, 5) is 25.6. The fourth-order valence-electron chi connectivity index (χ4n) is 2.00. The molecule has 6 nitrogen and oxygen atoms in total. The molecule has 0 saturated heterocycles. The minimum atomic E-state index is -0.606. The molecule has 112 valence electrons. The summed E-state index contributed by atoms with van der Waals surface area (Å²) in [6.45, 7) is 0.169. The van der Waals surface area contributed by atoms with Crippen molar-refractivity contribution in [3.63, 3.8) is 0 Å². The van der Waals surface area contributed by atoms with Gasteiger partial charge in [-0.05, 0) is 34.7 Å². The maximum absolute atomic E-state index is 12.1. The topological polar surface area (TPSA) is 65.1 Å². The van der Waals surface area contributed by atoms with Gasteiger partial charge < -0.3 is 19.1 Å². The van der Waals surface area contributed by atoms with Crippen LogP contribution in [0.4, 0.5) is 5.69 Å². The van der Waals surface area contributed by atoms with Gasteiger partial charge in [-0.15, -0.1) is 0 Å². The van der Waals surface area contributed by atoms with Gasteiger partial charge in [0.1, 0.15) is 12.4 Å². The molecular formula is C14H14INO5. The van der Waals surface area contributed by atoms with E-state index in [1.807, 2.05) is 24.3 Å². The molecule has 1 aromatic carbocycles. The number of benzene rings is 1. The van der Waals surface area contributed by atoms with Crippen molar-refractivity contribution in [3.05, 3.63) is 39.1 Å². The van der Waals surface area contributed by atoms with Crippen LogP contribution in [0.5, 0.6) is 0 Å². The van der Waals surface area contributed by atoms with Crippen LogP contribution in [0, 0.1) is 3.57 Å². The van der Waals surface area contributed by atoms with Gasteiger partial charge in [-0.1, -0.05) is 12.1 Å². The molecule has 1 aromatic rings. The van der Waals surface area contributed by atoms with Gasteiger partial charge in [0.2, 0.25) is 0 Å². The van der Waals surface area contributed by atoms with Crippen molar-refractivity contribution in [2.75, 3.05) is 32.5 Å². The zero-order chi connectivity index (χ0) is 15.4. The standard InChI is InChI=1S/C14H14INO5/c1-19-13(17)9-7-21-8-16(12(9)14(18)20-2)11-6-4-3-5-10(11)15/h3-6H,7-8H2,1-2H3. The first-order valence-electron chi connectivity index (χ1n) is 6.09. The van der Waals surface area contributed by atoms with Crippen LogP contribution in [0.25, 0.3) is 0 Å². The van der Waals surface area contributed by atoms with Crippen LogP contribution >= 0.6 is 22.6 Å². The molecule has 7 heteroatoms. The molecule has 0 saturated carbocycles. The average molecular weight is 403 g/mol. The summed E-state index contributed by atoms with van der Waals surface area (Å²) in [5, 5.41) is 0. The molecule has 0 bridgehead atoms. The van der Waals surface area contributed by atoms with Crippen LogP contribution in [0.2, 0.25) is 0 Å². The van der Waals surface area contributed by atoms with Crippen LogP contribution in [-0.2, 0) is 23.8 Å². The smallest absolute Gasteiger partial charge is 0.355 e. The van der Waals surface area contributed by atoms with E-state index in [1.165, 1.54) is 14.2 Å². The largest absolute Gasteiger partial charge is 0.466 e. The zero-order valence-electron chi connectivity index (χ0n) is 11.6. The number of nitrogens with zero attached hydrogens (tertiary/aromatic N) is 1. The Balaban J connectivity index is 2.56. The van der Waals surface area contributed by atoms with E-state index in [1.54, 1.807) is 4.90 Å². The van der Waals surface area contributed by atoms with E-state index in [2.05, 4.69) is 22.6 Å². The number of rotatable bonds is 3. The highest BCUT2D eigenvalue weighted by molar-refractivity contribution is 14.1. The van der Waals surface area contributed by atoms with Gasteiger partial charge in [0.25, 0.3) is 0 Å². The van der Waals surface area contributed by atoms with Gasteiger partial charge in [0, 0.05) is 3.57 Å². The second kappa shape index (κ2) is 6.90. The van der Waals surface area contributed by atoms with Crippen LogP contribution < -0.4 is 4.90 Å². The van der Waals surface area contributed by atoms with Gasteiger partial charge in [-0.2, -0.15) is 0 Å². The van der Waals surface area contributed by atoms with Crippen molar-refractivity contribution in [2.24, 2.45) is 0 Å². The summed E-state index contributed by atoms with van der Waals surface area (Å²) in [7, 11) is 2.53. The molecular weight excluding hydrogens is 389 g/mol. The van der Waals surface area contributed by atoms with Crippen molar-refractivity contribution >= 4 is 40.2 Å². The summed E-state index contributed by atoms with van der Waals surface area (Å²) in [5.41, 5.74) is 1.06. The highest BCUT2D eigenvalue weighted by atomic mass is 127. The monoisotopic (exact) mass is 403 g/mol. The third kappa shape index (κ3) is 3.18. The molecule has 0 spiro atoms. The molecule has 1 aliphatic heterocycles. The van der Waals surface area contributed by atoms with Crippen LogP contribution in [0.1, 0.15) is 0 Å². The minimum Gasteiger partial charge on any atom is -0.466 e. The number of hydrogen-bond donors (Lipinski definition) is 0. The number of methoxy groups -OCH3 is 2. The maximum atomic E-state index is 12.1. The Labute approximate surface area is 135 Å². The molecule has 1 heterocycles. The maximum Gasteiger partial charge on any atom is 0.355 e. The number of para-hydroxylation sites is 1. The first kappa shape index (κ1) is 15.8. The third-order valence-corrected chi connectivity index (χ3v) is 3.89. The lowest BCUT2D eigenvalue weighted by Gasteiger charge is -2.31. The quantitative estimate of drug-likeness (QED) is 0.566. The van der Waals surface area contributed by atoms with Crippen LogP contribution in [0.15, 0.2) is 35.5 Å². The van der Waals surface area contributed by atoms with Crippen LogP contribution in [0.3, 0.4) is 0 Å². The molecule has 0 atom stereocenters. The van der Waals surface area contributed by atoms with Gasteiger partial charge in [-0.25, -0.2) is 9.59 Å². The van der Waals surface area contributed by atoms with E-state index < -0.39 is 11.9 Å². The molecule has 0 aromatic heterocycles.